The fourth-order valence-electron chi connectivity index (χ4n) is 2.55. The first-order chi connectivity index (χ1) is 12.3. The predicted molar refractivity (Wildman–Crippen MR) is 77.5 cm³/mol. The molecule has 0 aromatic carbocycles. The van der Waals surface area contributed by atoms with Gasteiger partial charge in [0.05, 0.1) is 11.9 Å². The molecule has 6 nitrogen and oxygen atoms in total. The average Bonchev–Trinajstić information content (AvgIpc) is 2.94. The summed E-state index contributed by atoms with van der Waals surface area (Å²) in [5, 5.41) is 4.85. The Hall–Kier alpha value is -2.34. The Bertz CT molecular complexity index is 724. The molecule has 152 valence electrons. The molecule has 0 unspecified atom stereocenters. The van der Waals surface area contributed by atoms with Crippen LogP contribution in [0.3, 0.4) is 0 Å². The van der Waals surface area contributed by atoms with Gasteiger partial charge in [0, 0.05) is 20.1 Å². The van der Waals surface area contributed by atoms with Crippen LogP contribution in [0, 0.1) is 0 Å². The minimum Gasteiger partial charge on any atom is -0.337 e. The maximum Gasteiger partial charge on any atom is 0.460 e. The zero-order chi connectivity index (χ0) is 20.6. The molecule has 1 aromatic heterocycles. The molecule has 1 aliphatic heterocycles. The van der Waals surface area contributed by atoms with Gasteiger partial charge in [-0.25, -0.2) is 0 Å². The van der Waals surface area contributed by atoms with Gasteiger partial charge in [0.1, 0.15) is 5.69 Å². The highest BCUT2D eigenvalue weighted by molar-refractivity contribution is 6.04. The highest BCUT2D eigenvalue weighted by atomic mass is 19.4. The summed E-state index contributed by atoms with van der Waals surface area (Å²) in [5.74, 6) is -16.3. The van der Waals surface area contributed by atoms with Crippen LogP contribution in [0.2, 0.25) is 0 Å². The second-order valence-electron chi connectivity index (χ2n) is 5.98. The molecule has 2 amide bonds. The summed E-state index contributed by atoms with van der Waals surface area (Å²) in [6.07, 6.45) is -3.69. The van der Waals surface area contributed by atoms with E-state index in [0.29, 0.717) is 25.9 Å². The zero-order valence-corrected chi connectivity index (χ0v) is 13.9. The van der Waals surface area contributed by atoms with Crippen molar-refractivity contribution in [3.05, 3.63) is 11.9 Å². The van der Waals surface area contributed by atoms with Gasteiger partial charge >= 0.3 is 23.9 Å². The number of nitrogens with zero attached hydrogens (tertiary/aromatic N) is 3. The number of piperidine rings is 1. The van der Waals surface area contributed by atoms with Crippen molar-refractivity contribution in [2.75, 3.05) is 18.4 Å². The van der Waals surface area contributed by atoms with Crippen molar-refractivity contribution in [1.29, 1.82) is 0 Å². The Morgan fingerprint density at radius 3 is 2.11 bits per heavy atom. The van der Waals surface area contributed by atoms with Crippen molar-refractivity contribution in [3.8, 4) is 0 Å². The van der Waals surface area contributed by atoms with E-state index >= 15 is 0 Å². The smallest absolute Gasteiger partial charge is 0.337 e. The number of aryl methyl sites for hydroxylation is 1. The minimum atomic E-state index is -6.64. The van der Waals surface area contributed by atoms with E-state index in [2.05, 4.69) is 5.10 Å². The molecule has 0 spiro atoms. The Balaban J connectivity index is 2.28. The van der Waals surface area contributed by atoms with Crippen molar-refractivity contribution in [1.82, 2.24) is 14.7 Å². The number of aromatic nitrogens is 2. The van der Waals surface area contributed by atoms with E-state index in [9.17, 15) is 40.3 Å². The SMILES string of the molecule is Cn1ncc(NC(=O)C(F)(F)C(F)(F)C(F)(F)F)c1C(=O)N1CCCCC1. The number of nitrogens with one attached hydrogen (secondary N) is 1. The molecular weight excluding hydrogens is 389 g/mol. The molecule has 0 radical (unpaired) electrons. The number of likely N-dealkylation sites (tertiary alicyclic amines) is 1. The van der Waals surface area contributed by atoms with Gasteiger partial charge in [0.25, 0.3) is 5.91 Å². The molecule has 0 aliphatic carbocycles. The molecule has 13 heteroatoms. The van der Waals surface area contributed by atoms with Gasteiger partial charge in [0.2, 0.25) is 0 Å². The van der Waals surface area contributed by atoms with Crippen LogP contribution in [0.25, 0.3) is 0 Å². The van der Waals surface area contributed by atoms with Gasteiger partial charge in [-0.05, 0) is 19.3 Å². The molecule has 2 rings (SSSR count). The maximum absolute atomic E-state index is 13.5. The van der Waals surface area contributed by atoms with E-state index in [-0.39, 0.29) is 0 Å². The van der Waals surface area contributed by atoms with Crippen LogP contribution in [-0.4, -0.2) is 57.6 Å². The van der Waals surface area contributed by atoms with Gasteiger partial charge < -0.3 is 10.2 Å². The number of carbonyl (C=O) groups is 2. The highest BCUT2D eigenvalue weighted by Gasteiger charge is 2.76. The van der Waals surface area contributed by atoms with Crippen LogP contribution in [0.5, 0.6) is 0 Å². The second kappa shape index (κ2) is 7.00. The van der Waals surface area contributed by atoms with Gasteiger partial charge in [-0.15, -0.1) is 0 Å². The second-order valence-corrected chi connectivity index (χ2v) is 5.98. The predicted octanol–water partition coefficient (Wildman–Crippen LogP) is 2.82. The molecule has 1 N–H and O–H groups in total. The minimum absolute atomic E-state index is 0.347. The van der Waals surface area contributed by atoms with Gasteiger partial charge in [-0.1, -0.05) is 0 Å². The van der Waals surface area contributed by atoms with Crippen molar-refractivity contribution >= 4 is 17.5 Å². The number of carbonyl (C=O) groups excluding carboxylic acids is 2. The topological polar surface area (TPSA) is 67.2 Å². The van der Waals surface area contributed by atoms with E-state index in [0.717, 1.165) is 17.3 Å². The third kappa shape index (κ3) is 3.72. The summed E-state index contributed by atoms with van der Waals surface area (Å²) >= 11 is 0. The van der Waals surface area contributed by atoms with Crippen LogP contribution < -0.4 is 5.32 Å². The molecule has 0 bridgehead atoms. The third-order valence-corrected chi connectivity index (χ3v) is 4.07. The van der Waals surface area contributed by atoms with Crippen LogP contribution in [0.4, 0.5) is 36.4 Å². The lowest BCUT2D eigenvalue weighted by molar-refractivity contribution is -0.343. The first-order valence-electron chi connectivity index (χ1n) is 7.75. The van der Waals surface area contributed by atoms with Crippen molar-refractivity contribution in [2.45, 2.75) is 37.3 Å². The van der Waals surface area contributed by atoms with Crippen LogP contribution >= 0.6 is 0 Å². The van der Waals surface area contributed by atoms with Crippen LogP contribution in [0.1, 0.15) is 29.8 Å². The Labute approximate surface area is 148 Å². The Kier molecular flexibility index (Phi) is 5.44. The summed E-state index contributed by atoms with van der Waals surface area (Å²) in [6, 6.07) is 0. The van der Waals surface area contributed by atoms with Crippen molar-refractivity contribution in [2.24, 2.45) is 7.05 Å². The lowest BCUT2D eigenvalue weighted by Gasteiger charge is -2.28. The summed E-state index contributed by atoms with van der Waals surface area (Å²) in [7, 11) is 1.23. The first-order valence-corrected chi connectivity index (χ1v) is 7.75. The maximum atomic E-state index is 13.5. The molecular formula is C14H15F7N4O2. The molecule has 0 saturated carbocycles. The molecule has 1 aliphatic rings. The molecule has 0 atom stereocenters. The number of hydrogen-bond donors (Lipinski definition) is 1. The van der Waals surface area contributed by atoms with Crippen LogP contribution in [0.15, 0.2) is 6.20 Å². The number of amides is 2. The summed E-state index contributed by atoms with van der Waals surface area (Å²) < 4.78 is 90.4. The molecule has 1 aromatic rings. The lowest BCUT2D eigenvalue weighted by Crippen LogP contribution is -2.57. The zero-order valence-electron chi connectivity index (χ0n) is 13.9. The van der Waals surface area contributed by atoms with E-state index < -0.39 is 41.2 Å². The number of alkyl halides is 7. The van der Waals surface area contributed by atoms with Gasteiger partial charge in [-0.3, -0.25) is 14.3 Å². The fourth-order valence-corrected chi connectivity index (χ4v) is 2.55. The third-order valence-electron chi connectivity index (χ3n) is 4.07. The number of hydrogen-bond acceptors (Lipinski definition) is 3. The fraction of sp³-hybridized carbons (Fsp3) is 0.643. The Morgan fingerprint density at radius 1 is 1.04 bits per heavy atom. The molecule has 1 fully saturated rings. The lowest BCUT2D eigenvalue weighted by atomic mass is 10.1. The highest BCUT2D eigenvalue weighted by Crippen LogP contribution is 2.47. The van der Waals surface area contributed by atoms with E-state index in [4.69, 9.17) is 0 Å². The first kappa shape index (κ1) is 21.0. The van der Waals surface area contributed by atoms with E-state index in [1.54, 1.807) is 0 Å². The monoisotopic (exact) mass is 404 g/mol. The van der Waals surface area contributed by atoms with Gasteiger partial charge in [-0.2, -0.15) is 35.8 Å². The van der Waals surface area contributed by atoms with E-state index in [1.165, 1.54) is 17.3 Å². The summed E-state index contributed by atoms with van der Waals surface area (Å²) in [6.45, 7) is 0.694. The van der Waals surface area contributed by atoms with Crippen molar-refractivity contribution in [3.63, 3.8) is 0 Å². The van der Waals surface area contributed by atoms with E-state index in [1.807, 2.05) is 0 Å². The average molecular weight is 404 g/mol. The summed E-state index contributed by atoms with van der Waals surface area (Å²) in [4.78, 5) is 25.3. The Morgan fingerprint density at radius 2 is 1.59 bits per heavy atom. The number of anilines is 1. The molecule has 27 heavy (non-hydrogen) atoms. The normalized spacial score (nSPS) is 16.4. The van der Waals surface area contributed by atoms with Crippen LogP contribution in [-0.2, 0) is 11.8 Å². The molecule has 1 saturated heterocycles. The number of halogens is 7. The number of rotatable bonds is 4. The van der Waals surface area contributed by atoms with Crippen molar-refractivity contribution < 1.29 is 40.3 Å². The quantitative estimate of drug-likeness (QED) is 0.785. The summed E-state index contributed by atoms with van der Waals surface area (Å²) in [5.41, 5.74) is -1.09. The standard InChI is InChI=1S/C14H15F7N4O2/c1-24-9(10(26)25-5-3-2-4-6-25)8(7-22-24)23-11(27)12(15,16)13(17,18)14(19,20)21/h7H,2-6H2,1H3,(H,23,27). The molecule has 2 heterocycles. The van der Waals surface area contributed by atoms with Gasteiger partial charge in [0.15, 0.2) is 0 Å². The largest absolute Gasteiger partial charge is 0.460 e.